The van der Waals surface area contributed by atoms with Gasteiger partial charge < -0.3 is 10.1 Å². The summed E-state index contributed by atoms with van der Waals surface area (Å²) in [5.41, 5.74) is 1.71. The molecule has 9 nitrogen and oxygen atoms in total. The molecule has 0 bridgehead atoms. The molecule has 166 valence electrons. The van der Waals surface area contributed by atoms with Gasteiger partial charge in [-0.05, 0) is 24.3 Å². The molecule has 2 aromatic heterocycles. The van der Waals surface area contributed by atoms with Gasteiger partial charge >= 0.3 is 5.97 Å². The molecule has 0 saturated heterocycles. The number of amides is 1. The zero-order valence-corrected chi connectivity index (χ0v) is 18.4. The lowest BCUT2D eigenvalue weighted by molar-refractivity contribution is -0.116. The Morgan fingerprint density at radius 3 is 2.70 bits per heavy atom. The number of fused-ring (bicyclic) bond motifs is 2. The summed E-state index contributed by atoms with van der Waals surface area (Å²) in [6.45, 7) is 0. The highest BCUT2D eigenvalue weighted by atomic mass is 32.2. The van der Waals surface area contributed by atoms with Crippen molar-refractivity contribution < 1.29 is 14.3 Å². The highest BCUT2D eigenvalue weighted by Crippen LogP contribution is 2.33. The highest BCUT2D eigenvalue weighted by Gasteiger charge is 2.30. The van der Waals surface area contributed by atoms with Crippen molar-refractivity contribution in [2.24, 2.45) is 0 Å². The molecule has 1 amide bonds. The van der Waals surface area contributed by atoms with E-state index in [4.69, 9.17) is 4.74 Å². The molecule has 1 atom stereocenters. The fourth-order valence-corrected chi connectivity index (χ4v) is 4.96. The number of nitrogens with one attached hydrogen (secondary N) is 1. The Bertz CT molecular complexity index is 1430. The maximum atomic E-state index is 13.3. The van der Waals surface area contributed by atoms with E-state index in [9.17, 15) is 14.4 Å². The lowest BCUT2D eigenvalue weighted by Gasteiger charge is -2.14. The maximum Gasteiger partial charge on any atom is 0.339 e. The molecule has 0 fully saturated rings. The molecule has 33 heavy (non-hydrogen) atoms. The van der Waals surface area contributed by atoms with Gasteiger partial charge in [0.25, 0.3) is 5.56 Å². The Kier molecular flexibility index (Phi) is 5.43. The number of thioether (sulfide) groups is 1. The molecule has 1 aliphatic heterocycles. The van der Waals surface area contributed by atoms with Gasteiger partial charge in [0.2, 0.25) is 5.91 Å². The maximum absolute atomic E-state index is 13.3. The number of anilines is 1. The molecule has 2 aromatic carbocycles. The fraction of sp³-hybridized carbons (Fsp3) is 0.174. The van der Waals surface area contributed by atoms with Crippen molar-refractivity contribution in [1.82, 2.24) is 19.3 Å². The van der Waals surface area contributed by atoms with Gasteiger partial charge in [0.15, 0.2) is 10.8 Å². The molecule has 0 spiro atoms. The summed E-state index contributed by atoms with van der Waals surface area (Å²) in [4.78, 5) is 42.7. The van der Waals surface area contributed by atoms with Crippen LogP contribution in [0, 0.1) is 0 Å². The molecule has 1 unspecified atom stereocenters. The minimum atomic E-state index is -0.536. The molecule has 3 heterocycles. The van der Waals surface area contributed by atoms with Crippen LogP contribution in [0.25, 0.3) is 16.7 Å². The molecule has 1 N–H and O–H groups in total. The van der Waals surface area contributed by atoms with Gasteiger partial charge in [-0.25, -0.2) is 14.5 Å². The SMILES string of the molecule is COC(=O)c1ccccc1NC(=O)CC1CSc2nc3c(cnn3-c3ccccc3)c(=O)n21. The van der Waals surface area contributed by atoms with Crippen LogP contribution in [0.5, 0.6) is 0 Å². The van der Waals surface area contributed by atoms with Crippen LogP contribution < -0.4 is 10.9 Å². The summed E-state index contributed by atoms with van der Waals surface area (Å²) in [6, 6.07) is 15.8. The summed E-state index contributed by atoms with van der Waals surface area (Å²) in [5.74, 6) is -0.303. The second kappa shape index (κ2) is 8.55. The van der Waals surface area contributed by atoms with Crippen LogP contribution in [-0.4, -0.2) is 44.1 Å². The molecule has 0 radical (unpaired) electrons. The Morgan fingerprint density at radius 2 is 1.91 bits per heavy atom. The minimum absolute atomic E-state index is 0.0649. The van der Waals surface area contributed by atoms with Crippen LogP contribution in [0.1, 0.15) is 22.8 Å². The molecular formula is C23H19N5O4S. The van der Waals surface area contributed by atoms with Crippen molar-refractivity contribution in [2.75, 3.05) is 18.2 Å². The zero-order chi connectivity index (χ0) is 22.9. The monoisotopic (exact) mass is 461 g/mol. The number of hydrogen-bond donors (Lipinski definition) is 1. The normalized spacial score (nSPS) is 14.8. The first-order valence-electron chi connectivity index (χ1n) is 10.2. The van der Waals surface area contributed by atoms with E-state index in [1.807, 2.05) is 30.3 Å². The van der Waals surface area contributed by atoms with Crippen molar-refractivity contribution in [2.45, 2.75) is 17.6 Å². The highest BCUT2D eigenvalue weighted by molar-refractivity contribution is 7.99. The van der Waals surface area contributed by atoms with Crippen LogP contribution >= 0.6 is 11.8 Å². The second-order valence-corrected chi connectivity index (χ2v) is 8.44. The van der Waals surface area contributed by atoms with E-state index in [-0.39, 0.29) is 29.5 Å². The van der Waals surface area contributed by atoms with E-state index in [1.54, 1.807) is 33.5 Å². The largest absolute Gasteiger partial charge is 0.465 e. The van der Waals surface area contributed by atoms with Crippen LogP contribution in [0.4, 0.5) is 5.69 Å². The van der Waals surface area contributed by atoms with Crippen molar-refractivity contribution in [3.05, 3.63) is 76.7 Å². The van der Waals surface area contributed by atoms with Gasteiger partial charge in [0.05, 0.1) is 36.3 Å². The Morgan fingerprint density at radius 1 is 1.15 bits per heavy atom. The number of para-hydroxylation sites is 2. The number of benzene rings is 2. The topological polar surface area (TPSA) is 108 Å². The molecule has 0 aliphatic carbocycles. The third-order valence-electron chi connectivity index (χ3n) is 5.40. The fourth-order valence-electron chi connectivity index (χ4n) is 3.83. The second-order valence-electron chi connectivity index (χ2n) is 7.45. The Hall–Kier alpha value is -3.92. The van der Waals surface area contributed by atoms with Gasteiger partial charge in [-0.3, -0.25) is 14.2 Å². The molecule has 1 aliphatic rings. The van der Waals surface area contributed by atoms with Crippen LogP contribution in [0.15, 0.2) is 70.7 Å². The van der Waals surface area contributed by atoms with E-state index in [0.717, 1.165) is 5.69 Å². The molecule has 10 heteroatoms. The number of ether oxygens (including phenoxy) is 1. The molecule has 0 saturated carbocycles. The number of methoxy groups -OCH3 is 1. The summed E-state index contributed by atoms with van der Waals surface area (Å²) in [5, 5.41) is 8.06. The molecule has 5 rings (SSSR count). The number of carbonyl (C=O) groups is 2. The van der Waals surface area contributed by atoms with Gasteiger partial charge in [-0.2, -0.15) is 5.10 Å². The third-order valence-corrected chi connectivity index (χ3v) is 6.50. The van der Waals surface area contributed by atoms with Gasteiger partial charge in [0, 0.05) is 12.2 Å². The van der Waals surface area contributed by atoms with Crippen molar-refractivity contribution >= 4 is 40.4 Å². The Balaban J connectivity index is 1.42. The molecular weight excluding hydrogens is 442 g/mol. The minimum Gasteiger partial charge on any atom is -0.465 e. The summed E-state index contributed by atoms with van der Waals surface area (Å²) < 4.78 is 7.98. The molecule has 4 aromatic rings. The van der Waals surface area contributed by atoms with E-state index in [0.29, 0.717) is 27.6 Å². The lowest BCUT2D eigenvalue weighted by atomic mass is 10.1. The van der Waals surface area contributed by atoms with Crippen LogP contribution in [0.2, 0.25) is 0 Å². The first-order valence-corrected chi connectivity index (χ1v) is 11.2. The van der Waals surface area contributed by atoms with E-state index < -0.39 is 5.97 Å². The standard InChI is InChI=1S/C23H19N5O4S/c1-32-22(31)16-9-5-6-10-18(16)25-19(29)11-15-13-33-23-26-20-17(21(30)27(15)23)12-24-28(20)14-7-3-2-4-8-14/h2-10,12,15H,11,13H2,1H3,(H,25,29). The number of nitrogens with zero attached hydrogens (tertiary/aromatic N) is 4. The van der Waals surface area contributed by atoms with E-state index in [2.05, 4.69) is 15.4 Å². The quantitative estimate of drug-likeness (QED) is 0.359. The van der Waals surface area contributed by atoms with Crippen LogP contribution in [0.3, 0.4) is 0 Å². The summed E-state index contributed by atoms with van der Waals surface area (Å²) in [7, 11) is 1.29. The predicted molar refractivity (Wildman–Crippen MR) is 124 cm³/mol. The predicted octanol–water partition coefficient (Wildman–Crippen LogP) is 3.04. The number of aromatic nitrogens is 4. The van der Waals surface area contributed by atoms with Crippen molar-refractivity contribution in [1.29, 1.82) is 0 Å². The van der Waals surface area contributed by atoms with Gasteiger partial charge in [-0.1, -0.05) is 42.1 Å². The number of hydrogen-bond acceptors (Lipinski definition) is 7. The van der Waals surface area contributed by atoms with E-state index >= 15 is 0 Å². The average Bonchev–Trinajstić information content (AvgIpc) is 3.44. The van der Waals surface area contributed by atoms with E-state index in [1.165, 1.54) is 25.1 Å². The first kappa shape index (κ1) is 21.0. The third kappa shape index (κ3) is 3.78. The number of carbonyl (C=O) groups excluding carboxylic acids is 2. The van der Waals surface area contributed by atoms with Crippen LogP contribution in [-0.2, 0) is 9.53 Å². The Labute approximate surface area is 192 Å². The first-order chi connectivity index (χ1) is 16.1. The zero-order valence-electron chi connectivity index (χ0n) is 17.6. The van der Waals surface area contributed by atoms with Crippen molar-refractivity contribution in [3.8, 4) is 5.69 Å². The van der Waals surface area contributed by atoms with Gasteiger partial charge in [0.1, 0.15) is 5.39 Å². The average molecular weight is 462 g/mol. The lowest BCUT2D eigenvalue weighted by Crippen LogP contribution is -2.28. The van der Waals surface area contributed by atoms with Gasteiger partial charge in [-0.15, -0.1) is 0 Å². The van der Waals surface area contributed by atoms with Crippen molar-refractivity contribution in [3.63, 3.8) is 0 Å². The smallest absolute Gasteiger partial charge is 0.339 e. The number of rotatable bonds is 5. The number of esters is 1. The summed E-state index contributed by atoms with van der Waals surface area (Å²) in [6.07, 6.45) is 1.58. The summed E-state index contributed by atoms with van der Waals surface area (Å²) >= 11 is 1.43.